The predicted octanol–water partition coefficient (Wildman–Crippen LogP) is 4.70. The van der Waals surface area contributed by atoms with Crippen LogP contribution in [0.25, 0.3) is 0 Å². The van der Waals surface area contributed by atoms with Gasteiger partial charge in [0.2, 0.25) is 0 Å². The van der Waals surface area contributed by atoms with Gasteiger partial charge < -0.3 is 0 Å². The molecule has 20 heavy (non-hydrogen) atoms. The van der Waals surface area contributed by atoms with Crippen LogP contribution in [0.15, 0.2) is 44.7 Å². The molecule has 1 aliphatic carbocycles. The number of hydrogen-bond donors (Lipinski definition) is 0. The van der Waals surface area contributed by atoms with Crippen LogP contribution in [-0.2, 0) is 0 Å². The summed E-state index contributed by atoms with van der Waals surface area (Å²) in [6.45, 7) is 15.4. The molecule has 1 atom stereocenters. The fourth-order valence-electron chi connectivity index (χ4n) is 3.58. The van der Waals surface area contributed by atoms with E-state index in [0.717, 1.165) is 18.4 Å². The third-order valence-electron chi connectivity index (χ3n) is 4.72. The smallest absolute Gasteiger partial charge is 0.0502 e. The molecular formula is C18H24N2. The minimum Gasteiger partial charge on any atom is -0.261 e. The van der Waals surface area contributed by atoms with Crippen molar-refractivity contribution in [1.82, 2.24) is 0 Å². The standard InChI is InChI=1S/C18H24N2/c1-9(2)17-11(5)13-7-16-14(8-15(13)19-17)12(6)18(20-16)10(3)4/h9-10,12H,5,7-8H2,1-4,6H3. The van der Waals surface area contributed by atoms with Gasteiger partial charge >= 0.3 is 0 Å². The number of rotatable bonds is 2. The van der Waals surface area contributed by atoms with Crippen molar-refractivity contribution in [3.05, 3.63) is 34.7 Å². The molecule has 0 aromatic heterocycles. The van der Waals surface area contributed by atoms with E-state index in [1.54, 1.807) is 0 Å². The van der Waals surface area contributed by atoms with Gasteiger partial charge in [-0.05, 0) is 28.6 Å². The highest BCUT2D eigenvalue weighted by Crippen LogP contribution is 2.45. The van der Waals surface area contributed by atoms with E-state index in [9.17, 15) is 0 Å². The lowest BCUT2D eigenvalue weighted by molar-refractivity contribution is 0.772. The van der Waals surface area contributed by atoms with Crippen LogP contribution >= 0.6 is 0 Å². The second-order valence-electron chi connectivity index (χ2n) is 6.79. The van der Waals surface area contributed by atoms with E-state index in [2.05, 4.69) is 41.2 Å². The summed E-state index contributed by atoms with van der Waals surface area (Å²) in [5.74, 6) is 1.48. The maximum atomic E-state index is 4.93. The Labute approximate surface area is 122 Å². The van der Waals surface area contributed by atoms with E-state index in [4.69, 9.17) is 9.98 Å². The zero-order chi connectivity index (χ0) is 14.6. The lowest BCUT2D eigenvalue weighted by atomic mass is 9.83. The van der Waals surface area contributed by atoms with Crippen LogP contribution < -0.4 is 0 Å². The predicted molar refractivity (Wildman–Crippen MR) is 86.1 cm³/mol. The Bertz CT molecular complexity index is 609. The minimum atomic E-state index is 0.454. The first-order valence-electron chi connectivity index (χ1n) is 7.70. The van der Waals surface area contributed by atoms with Crippen molar-refractivity contribution < 1.29 is 0 Å². The van der Waals surface area contributed by atoms with Crippen LogP contribution in [0, 0.1) is 17.8 Å². The molecule has 0 bridgehead atoms. The molecule has 0 aromatic rings. The van der Waals surface area contributed by atoms with E-state index in [1.807, 2.05) is 0 Å². The van der Waals surface area contributed by atoms with Gasteiger partial charge in [-0.2, -0.15) is 0 Å². The zero-order valence-corrected chi connectivity index (χ0v) is 13.2. The van der Waals surface area contributed by atoms with Crippen molar-refractivity contribution in [1.29, 1.82) is 0 Å². The van der Waals surface area contributed by atoms with Crippen LogP contribution in [0.3, 0.4) is 0 Å². The van der Waals surface area contributed by atoms with Gasteiger partial charge in [-0.25, -0.2) is 0 Å². The summed E-state index contributed by atoms with van der Waals surface area (Å²) in [6, 6.07) is 0. The third-order valence-corrected chi connectivity index (χ3v) is 4.72. The molecule has 3 rings (SSSR count). The lowest BCUT2D eigenvalue weighted by Gasteiger charge is -2.19. The van der Waals surface area contributed by atoms with E-state index in [1.165, 1.54) is 34.0 Å². The van der Waals surface area contributed by atoms with Crippen LogP contribution in [0.5, 0.6) is 0 Å². The molecule has 2 aliphatic heterocycles. The molecule has 0 radical (unpaired) electrons. The van der Waals surface area contributed by atoms with Gasteiger partial charge in [0.25, 0.3) is 0 Å². The first-order chi connectivity index (χ1) is 9.40. The fourth-order valence-corrected chi connectivity index (χ4v) is 3.58. The molecule has 0 N–H and O–H groups in total. The van der Waals surface area contributed by atoms with Crippen molar-refractivity contribution in [3.8, 4) is 0 Å². The Hall–Kier alpha value is -1.44. The largest absolute Gasteiger partial charge is 0.261 e. The van der Waals surface area contributed by atoms with Gasteiger partial charge in [0.05, 0.1) is 5.71 Å². The molecule has 0 fully saturated rings. The van der Waals surface area contributed by atoms with E-state index in [-0.39, 0.29) is 0 Å². The Morgan fingerprint density at radius 2 is 1.70 bits per heavy atom. The number of nitrogens with zero attached hydrogens (tertiary/aromatic N) is 2. The molecule has 0 amide bonds. The van der Waals surface area contributed by atoms with E-state index < -0.39 is 0 Å². The van der Waals surface area contributed by atoms with Gasteiger partial charge in [-0.1, -0.05) is 41.2 Å². The number of hydrogen-bond acceptors (Lipinski definition) is 2. The molecule has 106 valence electrons. The van der Waals surface area contributed by atoms with Crippen molar-refractivity contribution in [2.24, 2.45) is 27.7 Å². The average Bonchev–Trinajstić information content (AvgIpc) is 2.87. The highest BCUT2D eigenvalue weighted by Gasteiger charge is 2.35. The van der Waals surface area contributed by atoms with Gasteiger partial charge in [-0.3, -0.25) is 9.98 Å². The molecule has 2 heterocycles. The van der Waals surface area contributed by atoms with E-state index >= 15 is 0 Å². The molecule has 0 aromatic carbocycles. The number of allylic oxidation sites excluding steroid dienone is 3. The Morgan fingerprint density at radius 3 is 2.30 bits per heavy atom. The summed E-state index contributed by atoms with van der Waals surface area (Å²) in [5.41, 5.74) is 9.06. The molecule has 0 saturated heterocycles. The highest BCUT2D eigenvalue weighted by atomic mass is 14.9. The average molecular weight is 268 g/mol. The monoisotopic (exact) mass is 268 g/mol. The fraction of sp³-hybridized carbons (Fsp3) is 0.556. The summed E-state index contributed by atoms with van der Waals surface area (Å²) in [5, 5.41) is 0. The molecular weight excluding hydrogens is 244 g/mol. The molecule has 0 spiro atoms. The Kier molecular flexibility index (Phi) is 3.07. The van der Waals surface area contributed by atoms with Gasteiger partial charge in [0.15, 0.2) is 0 Å². The second kappa shape index (κ2) is 4.54. The lowest BCUT2D eigenvalue weighted by Crippen LogP contribution is -2.16. The minimum absolute atomic E-state index is 0.454. The van der Waals surface area contributed by atoms with Crippen LogP contribution in [0.2, 0.25) is 0 Å². The second-order valence-corrected chi connectivity index (χ2v) is 6.79. The molecule has 2 heteroatoms. The maximum Gasteiger partial charge on any atom is 0.0502 e. The molecule has 3 aliphatic rings. The molecule has 2 nitrogen and oxygen atoms in total. The Balaban J connectivity index is 1.89. The van der Waals surface area contributed by atoms with Crippen molar-refractivity contribution >= 4 is 11.4 Å². The van der Waals surface area contributed by atoms with Crippen molar-refractivity contribution in [3.63, 3.8) is 0 Å². The van der Waals surface area contributed by atoms with Crippen molar-refractivity contribution in [2.75, 3.05) is 0 Å². The van der Waals surface area contributed by atoms with Gasteiger partial charge in [0, 0.05) is 35.9 Å². The molecule has 0 saturated carbocycles. The number of aliphatic imine (C=N–C) groups is 2. The first-order valence-corrected chi connectivity index (χ1v) is 7.70. The Morgan fingerprint density at radius 1 is 1.00 bits per heavy atom. The first kappa shape index (κ1) is 13.5. The van der Waals surface area contributed by atoms with Crippen molar-refractivity contribution in [2.45, 2.75) is 47.5 Å². The zero-order valence-electron chi connectivity index (χ0n) is 13.2. The molecule has 1 unspecified atom stereocenters. The summed E-state index contributed by atoms with van der Waals surface area (Å²) in [6.07, 6.45) is 1.91. The van der Waals surface area contributed by atoms with Crippen LogP contribution in [0.1, 0.15) is 47.5 Å². The third kappa shape index (κ3) is 1.85. The SMILES string of the molecule is C=C1C(C(C)C)=NC2=C1CC1=C(C2)C(C)C(C(C)C)=N1. The van der Waals surface area contributed by atoms with Gasteiger partial charge in [0.1, 0.15) is 0 Å². The normalized spacial score (nSPS) is 25.6. The van der Waals surface area contributed by atoms with Crippen LogP contribution in [-0.4, -0.2) is 11.4 Å². The summed E-state index contributed by atoms with van der Waals surface area (Å²) in [4.78, 5) is 9.79. The van der Waals surface area contributed by atoms with E-state index in [0.29, 0.717) is 17.8 Å². The summed E-state index contributed by atoms with van der Waals surface area (Å²) >= 11 is 0. The van der Waals surface area contributed by atoms with Crippen LogP contribution in [0.4, 0.5) is 0 Å². The quantitative estimate of drug-likeness (QED) is 0.693. The highest BCUT2D eigenvalue weighted by molar-refractivity contribution is 6.08. The summed E-state index contributed by atoms with van der Waals surface area (Å²) < 4.78 is 0. The summed E-state index contributed by atoms with van der Waals surface area (Å²) in [7, 11) is 0. The maximum absolute atomic E-state index is 4.93. The topological polar surface area (TPSA) is 24.7 Å². The van der Waals surface area contributed by atoms with Gasteiger partial charge in [-0.15, -0.1) is 0 Å².